The lowest BCUT2D eigenvalue weighted by Crippen LogP contribution is -2.47. The van der Waals surface area contributed by atoms with Crippen molar-refractivity contribution in [2.45, 2.75) is 69.6 Å². The molecule has 1 unspecified atom stereocenters. The lowest BCUT2D eigenvalue weighted by Gasteiger charge is -2.35. The van der Waals surface area contributed by atoms with Crippen LogP contribution >= 0.6 is 15.9 Å². The Morgan fingerprint density at radius 3 is 2.62 bits per heavy atom. The van der Waals surface area contributed by atoms with Crippen LogP contribution in [-0.2, 0) is 10.3 Å². The third-order valence-electron chi connectivity index (χ3n) is 5.04. The first-order valence-electron chi connectivity index (χ1n) is 8.48. The van der Waals surface area contributed by atoms with Crippen LogP contribution in [0.1, 0.15) is 58.4 Å². The second kappa shape index (κ2) is 5.99. The molecule has 1 N–H and O–H groups in total. The van der Waals surface area contributed by atoms with Crippen molar-refractivity contribution in [1.82, 2.24) is 9.88 Å². The summed E-state index contributed by atoms with van der Waals surface area (Å²) in [6.45, 7) is 5.86. The number of pyridine rings is 1. The number of ether oxygens (including phenoxy) is 1. The number of amides is 1. The van der Waals surface area contributed by atoms with E-state index in [9.17, 15) is 9.90 Å². The van der Waals surface area contributed by atoms with Crippen LogP contribution < -0.4 is 0 Å². The zero-order valence-corrected chi connectivity index (χ0v) is 16.1. The minimum Gasteiger partial charge on any atom is -0.444 e. The predicted molar refractivity (Wildman–Crippen MR) is 94.6 cm³/mol. The molecule has 1 atom stereocenters. The molecule has 1 aromatic heterocycles. The summed E-state index contributed by atoms with van der Waals surface area (Å²) in [4.78, 5) is 18.6. The maximum absolute atomic E-state index is 12.8. The second-order valence-corrected chi connectivity index (χ2v) is 8.92. The minimum atomic E-state index is -1.08. The van der Waals surface area contributed by atoms with Crippen molar-refractivity contribution in [3.05, 3.63) is 28.5 Å². The second-order valence-electron chi connectivity index (χ2n) is 8.06. The van der Waals surface area contributed by atoms with Crippen LogP contribution in [-0.4, -0.2) is 38.8 Å². The zero-order valence-electron chi connectivity index (χ0n) is 14.5. The van der Waals surface area contributed by atoms with Crippen molar-refractivity contribution in [3.8, 4) is 0 Å². The van der Waals surface area contributed by atoms with Gasteiger partial charge in [0.05, 0.1) is 6.54 Å². The number of nitrogens with zero attached hydrogens (tertiary/aromatic N) is 2. The molecule has 132 valence electrons. The number of rotatable bonds is 1. The van der Waals surface area contributed by atoms with Crippen LogP contribution in [0.4, 0.5) is 4.79 Å². The SMILES string of the molecule is CC(C)(C)OC(=O)N1CC(O)(c2ccncc2Br)CC12CCCC2. The normalized spacial score (nSPS) is 26.1. The number of aliphatic hydroxyl groups is 1. The summed E-state index contributed by atoms with van der Waals surface area (Å²) in [5.41, 5.74) is -1.15. The maximum Gasteiger partial charge on any atom is 0.410 e. The zero-order chi connectivity index (χ0) is 17.6. The summed E-state index contributed by atoms with van der Waals surface area (Å²) in [5.74, 6) is 0. The summed E-state index contributed by atoms with van der Waals surface area (Å²) in [5, 5.41) is 11.4. The van der Waals surface area contributed by atoms with Gasteiger partial charge < -0.3 is 9.84 Å². The van der Waals surface area contributed by atoms with Gasteiger partial charge in [0.15, 0.2) is 0 Å². The lowest BCUT2D eigenvalue weighted by atomic mass is 9.84. The summed E-state index contributed by atoms with van der Waals surface area (Å²) >= 11 is 3.49. The van der Waals surface area contributed by atoms with Crippen LogP contribution in [0.15, 0.2) is 22.9 Å². The van der Waals surface area contributed by atoms with Crippen LogP contribution in [0.5, 0.6) is 0 Å². The summed E-state index contributed by atoms with van der Waals surface area (Å²) < 4.78 is 6.39. The summed E-state index contributed by atoms with van der Waals surface area (Å²) in [6.07, 6.45) is 7.56. The van der Waals surface area contributed by atoms with Gasteiger partial charge in [-0.3, -0.25) is 9.88 Å². The van der Waals surface area contributed by atoms with Gasteiger partial charge in [-0.1, -0.05) is 12.8 Å². The van der Waals surface area contributed by atoms with Crippen molar-refractivity contribution < 1.29 is 14.6 Å². The first kappa shape index (κ1) is 17.7. The molecule has 1 amide bonds. The van der Waals surface area contributed by atoms with E-state index >= 15 is 0 Å². The van der Waals surface area contributed by atoms with E-state index in [1.54, 1.807) is 17.3 Å². The van der Waals surface area contributed by atoms with Crippen LogP contribution in [0.25, 0.3) is 0 Å². The Hall–Kier alpha value is -1.14. The molecule has 0 radical (unpaired) electrons. The highest BCUT2D eigenvalue weighted by atomic mass is 79.9. The molecule has 1 aliphatic heterocycles. The molecule has 1 spiro atoms. The van der Waals surface area contributed by atoms with Crippen molar-refractivity contribution in [2.24, 2.45) is 0 Å². The fourth-order valence-electron chi connectivity index (χ4n) is 4.11. The van der Waals surface area contributed by atoms with Gasteiger partial charge >= 0.3 is 6.09 Å². The Kier molecular flexibility index (Phi) is 4.41. The number of β-amino-alcohol motifs (C(OH)–C–C–N with tert-alkyl or cyclic N) is 1. The first-order chi connectivity index (χ1) is 11.2. The Morgan fingerprint density at radius 1 is 1.38 bits per heavy atom. The van der Waals surface area contributed by atoms with Crippen LogP contribution in [0, 0.1) is 0 Å². The first-order valence-corrected chi connectivity index (χ1v) is 9.28. The van der Waals surface area contributed by atoms with Crippen LogP contribution in [0.2, 0.25) is 0 Å². The Morgan fingerprint density at radius 2 is 2.04 bits per heavy atom. The third kappa shape index (κ3) is 3.18. The van der Waals surface area contributed by atoms with Gasteiger partial charge in [-0.2, -0.15) is 0 Å². The highest BCUT2D eigenvalue weighted by Gasteiger charge is 2.57. The molecule has 5 nitrogen and oxygen atoms in total. The van der Waals surface area contributed by atoms with Gasteiger partial charge in [0.25, 0.3) is 0 Å². The number of likely N-dealkylation sites (tertiary alicyclic amines) is 1. The van der Waals surface area contributed by atoms with Gasteiger partial charge in [-0.25, -0.2) is 4.79 Å². The van der Waals surface area contributed by atoms with Crippen molar-refractivity contribution in [3.63, 3.8) is 0 Å². The smallest absolute Gasteiger partial charge is 0.410 e. The molecular weight excluding hydrogens is 372 g/mol. The molecular formula is C18H25BrN2O3. The van der Waals surface area contributed by atoms with Crippen molar-refractivity contribution in [2.75, 3.05) is 6.54 Å². The van der Waals surface area contributed by atoms with E-state index in [0.717, 1.165) is 35.7 Å². The van der Waals surface area contributed by atoms with Gasteiger partial charge in [0.2, 0.25) is 0 Å². The number of carbonyl (C=O) groups is 1. The Balaban J connectivity index is 1.94. The van der Waals surface area contributed by atoms with E-state index in [1.165, 1.54) is 0 Å². The number of aromatic nitrogens is 1. The Labute approximate surface area is 151 Å². The topological polar surface area (TPSA) is 62.7 Å². The third-order valence-corrected chi connectivity index (χ3v) is 5.67. The average molecular weight is 397 g/mol. The molecule has 24 heavy (non-hydrogen) atoms. The van der Waals surface area contributed by atoms with Gasteiger partial charge in [0.1, 0.15) is 11.2 Å². The standard InChI is InChI=1S/C18H25BrN2O3/c1-16(2,3)24-15(22)21-12-18(23,11-17(21)7-4-5-8-17)13-6-9-20-10-14(13)19/h6,9-10,23H,4-5,7-8,11-12H2,1-3H3. The quantitative estimate of drug-likeness (QED) is 0.779. The average Bonchev–Trinajstić information content (AvgIpc) is 3.04. The van der Waals surface area contributed by atoms with Crippen molar-refractivity contribution >= 4 is 22.0 Å². The predicted octanol–water partition coefficient (Wildman–Crippen LogP) is 3.99. The van der Waals surface area contributed by atoms with E-state index in [1.807, 2.05) is 26.8 Å². The molecule has 3 rings (SSSR count). The van der Waals surface area contributed by atoms with Crippen molar-refractivity contribution in [1.29, 1.82) is 0 Å². The molecule has 2 aliphatic rings. The van der Waals surface area contributed by atoms with Gasteiger partial charge in [-0.15, -0.1) is 0 Å². The highest BCUT2D eigenvalue weighted by molar-refractivity contribution is 9.10. The summed E-state index contributed by atoms with van der Waals surface area (Å²) in [7, 11) is 0. The molecule has 0 bridgehead atoms. The van der Waals surface area contributed by atoms with E-state index in [4.69, 9.17) is 4.74 Å². The van der Waals surface area contributed by atoms with Crippen LogP contribution in [0.3, 0.4) is 0 Å². The number of halogens is 1. The molecule has 1 saturated carbocycles. The number of hydrogen-bond acceptors (Lipinski definition) is 4. The summed E-state index contributed by atoms with van der Waals surface area (Å²) in [6, 6.07) is 1.82. The molecule has 1 aromatic rings. The molecule has 0 aromatic carbocycles. The fourth-order valence-corrected chi connectivity index (χ4v) is 4.73. The Bertz CT molecular complexity index is 637. The van der Waals surface area contributed by atoms with E-state index in [2.05, 4.69) is 20.9 Å². The minimum absolute atomic E-state index is 0.254. The van der Waals surface area contributed by atoms with E-state index < -0.39 is 11.2 Å². The molecule has 1 saturated heterocycles. The lowest BCUT2D eigenvalue weighted by molar-refractivity contribution is 0.00393. The molecule has 1 aliphatic carbocycles. The molecule has 2 fully saturated rings. The number of carbonyl (C=O) groups excluding carboxylic acids is 1. The molecule has 2 heterocycles. The number of hydrogen-bond donors (Lipinski definition) is 1. The molecule has 6 heteroatoms. The van der Waals surface area contributed by atoms with E-state index in [-0.39, 0.29) is 18.2 Å². The van der Waals surface area contributed by atoms with Gasteiger partial charge in [0, 0.05) is 34.4 Å². The fraction of sp³-hybridized carbons (Fsp3) is 0.667. The highest BCUT2D eigenvalue weighted by Crippen LogP contribution is 2.51. The largest absolute Gasteiger partial charge is 0.444 e. The van der Waals surface area contributed by atoms with E-state index in [0.29, 0.717) is 6.42 Å². The maximum atomic E-state index is 12.8. The van der Waals surface area contributed by atoms with Gasteiger partial charge in [-0.05, 0) is 55.6 Å². The monoisotopic (exact) mass is 396 g/mol.